The maximum absolute atomic E-state index is 12.7. The SMILES string of the molecule is CNC(=O)C1CNNC1C1(C)CCCN(C(=O)c2cnccn2)C1. The molecule has 130 valence electrons. The number of aromatic nitrogens is 2. The van der Waals surface area contributed by atoms with Gasteiger partial charge in [0.25, 0.3) is 5.91 Å². The normalized spacial score (nSPS) is 30.2. The minimum atomic E-state index is -0.184. The van der Waals surface area contributed by atoms with Crippen LogP contribution in [0.2, 0.25) is 0 Å². The summed E-state index contributed by atoms with van der Waals surface area (Å²) in [5.74, 6) is -0.223. The van der Waals surface area contributed by atoms with E-state index in [2.05, 4.69) is 33.1 Å². The Morgan fingerprint density at radius 2 is 2.25 bits per heavy atom. The monoisotopic (exact) mass is 332 g/mol. The van der Waals surface area contributed by atoms with Crippen LogP contribution in [-0.2, 0) is 4.79 Å². The molecule has 2 saturated heterocycles. The Kier molecular flexibility index (Phi) is 4.77. The zero-order valence-electron chi connectivity index (χ0n) is 14.1. The van der Waals surface area contributed by atoms with Crippen LogP contribution < -0.4 is 16.2 Å². The van der Waals surface area contributed by atoms with Gasteiger partial charge in [-0.2, -0.15) is 0 Å². The summed E-state index contributed by atoms with van der Waals surface area (Å²) in [5.41, 5.74) is 6.53. The largest absolute Gasteiger partial charge is 0.359 e. The second-order valence-electron chi connectivity index (χ2n) is 6.80. The molecule has 8 nitrogen and oxygen atoms in total. The van der Waals surface area contributed by atoms with Gasteiger partial charge in [0.05, 0.1) is 12.1 Å². The fraction of sp³-hybridized carbons (Fsp3) is 0.625. The van der Waals surface area contributed by atoms with Gasteiger partial charge in [-0.1, -0.05) is 6.92 Å². The van der Waals surface area contributed by atoms with E-state index in [1.807, 2.05) is 4.90 Å². The first-order chi connectivity index (χ1) is 11.5. The van der Waals surface area contributed by atoms with Crippen LogP contribution in [0.3, 0.4) is 0 Å². The minimum absolute atomic E-state index is 0.0186. The highest BCUT2D eigenvalue weighted by molar-refractivity contribution is 5.92. The number of carbonyl (C=O) groups is 2. The summed E-state index contributed by atoms with van der Waals surface area (Å²) in [6.07, 6.45) is 6.45. The molecule has 3 heterocycles. The van der Waals surface area contributed by atoms with Gasteiger partial charge in [-0.05, 0) is 12.8 Å². The second kappa shape index (κ2) is 6.82. The zero-order valence-corrected chi connectivity index (χ0v) is 14.1. The van der Waals surface area contributed by atoms with Crippen molar-refractivity contribution in [2.75, 3.05) is 26.7 Å². The lowest BCUT2D eigenvalue weighted by atomic mass is 9.71. The average molecular weight is 332 g/mol. The topological polar surface area (TPSA) is 99.2 Å². The molecule has 0 saturated carbocycles. The summed E-state index contributed by atoms with van der Waals surface area (Å²) < 4.78 is 0. The number of nitrogens with zero attached hydrogens (tertiary/aromatic N) is 3. The molecule has 3 unspecified atom stereocenters. The van der Waals surface area contributed by atoms with E-state index < -0.39 is 0 Å². The van der Waals surface area contributed by atoms with Crippen molar-refractivity contribution in [1.29, 1.82) is 0 Å². The predicted octanol–water partition coefficient (Wildman–Crippen LogP) is -0.442. The third-order valence-corrected chi connectivity index (χ3v) is 5.11. The summed E-state index contributed by atoms with van der Waals surface area (Å²) in [4.78, 5) is 34.8. The smallest absolute Gasteiger partial charge is 0.274 e. The maximum atomic E-state index is 12.7. The van der Waals surface area contributed by atoms with Gasteiger partial charge < -0.3 is 10.2 Å². The summed E-state index contributed by atoms with van der Waals surface area (Å²) in [5, 5.41) is 2.74. The van der Waals surface area contributed by atoms with Gasteiger partial charge in [-0.3, -0.25) is 25.4 Å². The van der Waals surface area contributed by atoms with E-state index in [0.29, 0.717) is 25.3 Å². The molecule has 0 bridgehead atoms. The summed E-state index contributed by atoms with van der Waals surface area (Å²) in [6, 6.07) is -0.0186. The van der Waals surface area contributed by atoms with Gasteiger partial charge in [-0.25, -0.2) is 4.98 Å². The Hall–Kier alpha value is -2.06. The fourth-order valence-electron chi connectivity index (χ4n) is 3.85. The lowest BCUT2D eigenvalue weighted by Gasteiger charge is -2.45. The number of amides is 2. The third-order valence-electron chi connectivity index (χ3n) is 5.11. The third kappa shape index (κ3) is 3.11. The number of carbonyl (C=O) groups excluding carboxylic acids is 2. The number of hydrogen-bond donors (Lipinski definition) is 3. The molecule has 3 atom stereocenters. The van der Waals surface area contributed by atoms with E-state index >= 15 is 0 Å². The number of nitrogens with one attached hydrogen (secondary N) is 3. The van der Waals surface area contributed by atoms with Gasteiger partial charge in [0.15, 0.2) is 0 Å². The molecular formula is C16H24N6O2. The van der Waals surface area contributed by atoms with Crippen molar-refractivity contribution < 1.29 is 9.59 Å². The molecule has 1 aromatic rings. The van der Waals surface area contributed by atoms with Crippen LogP contribution in [0.4, 0.5) is 0 Å². The highest BCUT2D eigenvalue weighted by Gasteiger charge is 2.47. The number of hydrogen-bond acceptors (Lipinski definition) is 6. The Balaban J connectivity index is 1.76. The van der Waals surface area contributed by atoms with E-state index in [1.54, 1.807) is 13.2 Å². The highest BCUT2D eigenvalue weighted by atomic mass is 16.2. The maximum Gasteiger partial charge on any atom is 0.274 e. The molecule has 0 spiro atoms. The van der Waals surface area contributed by atoms with Crippen LogP contribution in [0.15, 0.2) is 18.6 Å². The van der Waals surface area contributed by atoms with E-state index in [4.69, 9.17) is 0 Å². The molecular weight excluding hydrogens is 308 g/mol. The van der Waals surface area contributed by atoms with Gasteiger partial charge in [0.2, 0.25) is 5.91 Å². The number of piperidine rings is 1. The first-order valence-corrected chi connectivity index (χ1v) is 8.30. The molecule has 1 aromatic heterocycles. The van der Waals surface area contributed by atoms with E-state index in [1.165, 1.54) is 12.4 Å². The first-order valence-electron chi connectivity index (χ1n) is 8.30. The van der Waals surface area contributed by atoms with Crippen molar-refractivity contribution in [3.63, 3.8) is 0 Å². The predicted molar refractivity (Wildman–Crippen MR) is 87.8 cm³/mol. The Bertz CT molecular complexity index is 610. The van der Waals surface area contributed by atoms with Crippen LogP contribution in [0.5, 0.6) is 0 Å². The van der Waals surface area contributed by atoms with Gasteiger partial charge >= 0.3 is 0 Å². The van der Waals surface area contributed by atoms with Crippen molar-refractivity contribution in [3.8, 4) is 0 Å². The fourth-order valence-corrected chi connectivity index (χ4v) is 3.85. The lowest BCUT2D eigenvalue weighted by molar-refractivity contribution is -0.125. The van der Waals surface area contributed by atoms with Gasteiger partial charge in [0.1, 0.15) is 5.69 Å². The Morgan fingerprint density at radius 1 is 1.42 bits per heavy atom. The number of likely N-dealkylation sites (tertiary alicyclic amines) is 1. The van der Waals surface area contributed by atoms with Crippen LogP contribution in [0.25, 0.3) is 0 Å². The average Bonchev–Trinajstić information content (AvgIpc) is 3.12. The molecule has 0 radical (unpaired) electrons. The molecule has 0 aliphatic carbocycles. The molecule has 24 heavy (non-hydrogen) atoms. The Labute approximate surface area is 141 Å². The molecule has 2 amide bonds. The highest BCUT2D eigenvalue weighted by Crippen LogP contribution is 2.37. The lowest BCUT2D eigenvalue weighted by Crippen LogP contribution is -2.56. The first kappa shape index (κ1) is 16.8. The van der Waals surface area contributed by atoms with Gasteiger partial charge in [0, 0.05) is 50.5 Å². The van der Waals surface area contributed by atoms with Crippen LogP contribution >= 0.6 is 0 Å². The summed E-state index contributed by atoms with van der Waals surface area (Å²) >= 11 is 0. The number of hydrazine groups is 1. The molecule has 2 fully saturated rings. The minimum Gasteiger partial charge on any atom is -0.359 e. The molecule has 0 aromatic carbocycles. The van der Waals surface area contributed by atoms with Crippen molar-refractivity contribution >= 4 is 11.8 Å². The second-order valence-corrected chi connectivity index (χ2v) is 6.80. The van der Waals surface area contributed by atoms with Crippen molar-refractivity contribution in [2.24, 2.45) is 11.3 Å². The Morgan fingerprint density at radius 3 is 2.96 bits per heavy atom. The van der Waals surface area contributed by atoms with Crippen LogP contribution in [0.1, 0.15) is 30.3 Å². The standard InChI is InChI=1S/C16H24N6O2/c1-16(13-11(8-20-21-13)14(23)17-2)4-3-7-22(10-16)15(24)12-9-18-5-6-19-12/h5-6,9,11,13,20-21H,3-4,7-8,10H2,1-2H3,(H,17,23). The van der Waals surface area contributed by atoms with Gasteiger partial charge in [-0.15, -0.1) is 0 Å². The van der Waals surface area contributed by atoms with E-state index in [0.717, 1.165) is 12.8 Å². The zero-order chi connectivity index (χ0) is 17.2. The molecule has 3 N–H and O–H groups in total. The van der Waals surface area contributed by atoms with Crippen molar-refractivity contribution in [1.82, 2.24) is 31.0 Å². The van der Waals surface area contributed by atoms with Crippen LogP contribution in [-0.4, -0.2) is 59.4 Å². The van der Waals surface area contributed by atoms with Crippen molar-refractivity contribution in [2.45, 2.75) is 25.8 Å². The summed E-state index contributed by atoms with van der Waals surface area (Å²) in [7, 11) is 1.66. The molecule has 2 aliphatic heterocycles. The quantitative estimate of drug-likeness (QED) is 0.694. The van der Waals surface area contributed by atoms with E-state index in [9.17, 15) is 9.59 Å². The van der Waals surface area contributed by atoms with Crippen LogP contribution in [0, 0.1) is 11.3 Å². The van der Waals surface area contributed by atoms with Crippen molar-refractivity contribution in [3.05, 3.63) is 24.3 Å². The molecule has 8 heteroatoms. The molecule has 3 rings (SSSR count). The van der Waals surface area contributed by atoms with E-state index in [-0.39, 0.29) is 29.2 Å². The summed E-state index contributed by atoms with van der Waals surface area (Å²) in [6.45, 7) is 4.03. The number of rotatable bonds is 3. The molecule has 2 aliphatic rings.